The second-order valence-electron chi connectivity index (χ2n) is 7.21. The zero-order valence-corrected chi connectivity index (χ0v) is 16.5. The summed E-state index contributed by atoms with van der Waals surface area (Å²) in [6.07, 6.45) is 4.66. The maximum atomic E-state index is 4.81. The van der Waals surface area contributed by atoms with Gasteiger partial charge in [-0.05, 0) is 43.8 Å². The second-order valence-corrected chi connectivity index (χ2v) is 7.21. The highest BCUT2D eigenvalue weighted by Crippen LogP contribution is 2.24. The number of hydrogen-bond acceptors (Lipinski definition) is 6. The minimum atomic E-state index is 0.735. The van der Waals surface area contributed by atoms with Gasteiger partial charge in [0.05, 0.1) is 5.52 Å². The third-order valence-corrected chi connectivity index (χ3v) is 5.40. The molecule has 0 aliphatic carbocycles. The number of anilines is 1. The lowest BCUT2D eigenvalue weighted by atomic mass is 10.2. The highest BCUT2D eigenvalue weighted by atomic mass is 15.3. The molecule has 1 aliphatic heterocycles. The summed E-state index contributed by atoms with van der Waals surface area (Å²) in [5, 5.41) is 4.62. The molecule has 0 bridgehead atoms. The second kappa shape index (κ2) is 9.08. The topological polar surface area (TPSA) is 57.2 Å². The first kappa shape index (κ1) is 18.8. The first-order chi connectivity index (χ1) is 13.8. The molecule has 6 nitrogen and oxygen atoms in total. The Labute approximate surface area is 166 Å². The lowest BCUT2D eigenvalue weighted by molar-refractivity contribution is 0.137. The van der Waals surface area contributed by atoms with Crippen molar-refractivity contribution in [1.82, 2.24) is 24.8 Å². The summed E-state index contributed by atoms with van der Waals surface area (Å²) < 4.78 is 0. The Bertz CT molecular complexity index is 890. The monoisotopic (exact) mass is 376 g/mol. The Balaban J connectivity index is 1.42. The van der Waals surface area contributed by atoms with Crippen molar-refractivity contribution < 1.29 is 0 Å². The van der Waals surface area contributed by atoms with Crippen LogP contribution in [0, 0.1) is 0 Å². The molecule has 0 saturated carbocycles. The van der Waals surface area contributed by atoms with Gasteiger partial charge in [-0.2, -0.15) is 0 Å². The minimum absolute atomic E-state index is 0.735. The van der Waals surface area contributed by atoms with Gasteiger partial charge < -0.3 is 15.1 Å². The molecule has 1 fully saturated rings. The Morgan fingerprint density at radius 1 is 0.929 bits per heavy atom. The Hall–Kier alpha value is -2.57. The number of rotatable bonds is 7. The molecule has 28 heavy (non-hydrogen) atoms. The fraction of sp³-hybridized carbons (Fsp3) is 0.409. The highest BCUT2D eigenvalue weighted by Gasteiger charge is 2.15. The van der Waals surface area contributed by atoms with Crippen molar-refractivity contribution >= 4 is 16.7 Å². The molecule has 6 heteroatoms. The van der Waals surface area contributed by atoms with Crippen LogP contribution < -0.4 is 5.32 Å². The Kier molecular flexibility index (Phi) is 6.09. The largest absolute Gasteiger partial charge is 0.369 e. The van der Waals surface area contributed by atoms with Crippen molar-refractivity contribution in [2.75, 3.05) is 51.1 Å². The number of nitrogens with zero attached hydrogens (tertiary/aromatic N) is 5. The summed E-state index contributed by atoms with van der Waals surface area (Å²) in [5.41, 5.74) is 1.94. The molecule has 1 N–H and O–H groups in total. The molecule has 2 aromatic heterocycles. The van der Waals surface area contributed by atoms with E-state index in [0.717, 1.165) is 54.2 Å². The first-order valence-corrected chi connectivity index (χ1v) is 10.2. The number of hydrogen-bond donors (Lipinski definition) is 1. The number of piperazine rings is 1. The molecular weight excluding hydrogens is 348 g/mol. The van der Waals surface area contributed by atoms with Crippen molar-refractivity contribution in [3.63, 3.8) is 0 Å². The maximum Gasteiger partial charge on any atom is 0.162 e. The summed E-state index contributed by atoms with van der Waals surface area (Å²) in [6.45, 7) is 10.2. The van der Waals surface area contributed by atoms with Crippen LogP contribution in [-0.2, 0) is 0 Å². The lowest BCUT2D eigenvalue weighted by Crippen LogP contribution is -2.46. The van der Waals surface area contributed by atoms with Crippen LogP contribution in [0.1, 0.15) is 13.3 Å². The smallest absolute Gasteiger partial charge is 0.162 e. The Morgan fingerprint density at radius 3 is 2.46 bits per heavy atom. The van der Waals surface area contributed by atoms with Crippen molar-refractivity contribution in [2.45, 2.75) is 13.3 Å². The molecule has 0 spiro atoms. The van der Waals surface area contributed by atoms with Gasteiger partial charge in [-0.3, -0.25) is 4.98 Å². The molecule has 146 valence electrons. The van der Waals surface area contributed by atoms with Crippen LogP contribution in [0.25, 0.3) is 22.3 Å². The van der Waals surface area contributed by atoms with Gasteiger partial charge in [0.2, 0.25) is 0 Å². The molecule has 4 rings (SSSR count). The SMILES string of the molecule is CCN1CCN(CCCNc2nc(-c3ccncc3)nc3ccccc23)CC1. The van der Waals surface area contributed by atoms with Gasteiger partial charge in [-0.25, -0.2) is 9.97 Å². The van der Waals surface area contributed by atoms with Crippen LogP contribution in [0.5, 0.6) is 0 Å². The predicted octanol–water partition coefficient (Wildman–Crippen LogP) is 3.13. The molecule has 0 atom stereocenters. The van der Waals surface area contributed by atoms with E-state index in [1.165, 1.54) is 26.2 Å². The van der Waals surface area contributed by atoms with E-state index in [2.05, 4.69) is 33.1 Å². The van der Waals surface area contributed by atoms with Crippen molar-refractivity contribution in [1.29, 1.82) is 0 Å². The molecule has 0 unspecified atom stereocenters. The third kappa shape index (κ3) is 4.46. The van der Waals surface area contributed by atoms with Gasteiger partial charge in [0.15, 0.2) is 5.82 Å². The van der Waals surface area contributed by atoms with E-state index in [1.807, 2.05) is 30.3 Å². The molecule has 1 aromatic carbocycles. The van der Waals surface area contributed by atoms with E-state index in [9.17, 15) is 0 Å². The van der Waals surface area contributed by atoms with Crippen LogP contribution in [0.4, 0.5) is 5.82 Å². The van der Waals surface area contributed by atoms with E-state index in [-0.39, 0.29) is 0 Å². The van der Waals surface area contributed by atoms with E-state index < -0.39 is 0 Å². The van der Waals surface area contributed by atoms with Gasteiger partial charge in [-0.15, -0.1) is 0 Å². The summed E-state index contributed by atoms with van der Waals surface area (Å²) in [5.74, 6) is 1.65. The fourth-order valence-electron chi connectivity index (χ4n) is 3.68. The fourth-order valence-corrected chi connectivity index (χ4v) is 3.68. The summed E-state index contributed by atoms with van der Waals surface area (Å²) in [4.78, 5) is 18.7. The number of aromatic nitrogens is 3. The van der Waals surface area contributed by atoms with Crippen LogP contribution in [-0.4, -0.2) is 70.6 Å². The van der Waals surface area contributed by atoms with E-state index in [1.54, 1.807) is 12.4 Å². The zero-order valence-electron chi connectivity index (χ0n) is 16.5. The average Bonchev–Trinajstić information content (AvgIpc) is 2.77. The maximum absolute atomic E-state index is 4.81. The summed E-state index contributed by atoms with van der Waals surface area (Å²) in [7, 11) is 0. The quantitative estimate of drug-likeness (QED) is 0.640. The normalized spacial score (nSPS) is 15.8. The van der Waals surface area contributed by atoms with Gasteiger partial charge >= 0.3 is 0 Å². The number of para-hydroxylation sites is 1. The lowest BCUT2D eigenvalue weighted by Gasteiger charge is -2.34. The molecule has 1 aliphatic rings. The van der Waals surface area contributed by atoms with Gasteiger partial charge in [0.25, 0.3) is 0 Å². The predicted molar refractivity (Wildman–Crippen MR) is 114 cm³/mol. The Morgan fingerprint density at radius 2 is 1.68 bits per heavy atom. The van der Waals surface area contributed by atoms with E-state index >= 15 is 0 Å². The first-order valence-electron chi connectivity index (χ1n) is 10.2. The van der Waals surface area contributed by atoms with Crippen LogP contribution in [0.2, 0.25) is 0 Å². The molecule has 3 heterocycles. The standard InChI is InChI=1S/C22H28N6/c1-2-27-14-16-28(17-15-27)13-5-10-24-22-19-6-3-4-7-20(19)25-21(26-22)18-8-11-23-12-9-18/h3-4,6-9,11-12H,2,5,10,13-17H2,1H3,(H,24,25,26). The molecule has 3 aromatic rings. The van der Waals surface area contributed by atoms with Gasteiger partial charge in [0, 0.05) is 56.1 Å². The molecule has 1 saturated heterocycles. The third-order valence-electron chi connectivity index (χ3n) is 5.40. The molecule has 0 amide bonds. The van der Waals surface area contributed by atoms with Crippen LogP contribution >= 0.6 is 0 Å². The van der Waals surface area contributed by atoms with Crippen molar-refractivity contribution in [3.05, 3.63) is 48.8 Å². The number of pyridine rings is 1. The molecule has 0 radical (unpaired) electrons. The number of fused-ring (bicyclic) bond motifs is 1. The van der Waals surface area contributed by atoms with Crippen LogP contribution in [0.3, 0.4) is 0 Å². The van der Waals surface area contributed by atoms with Crippen molar-refractivity contribution in [2.24, 2.45) is 0 Å². The van der Waals surface area contributed by atoms with E-state index in [0.29, 0.717) is 0 Å². The highest BCUT2D eigenvalue weighted by molar-refractivity contribution is 5.90. The zero-order chi connectivity index (χ0) is 19.2. The molecular formula is C22H28N6. The number of likely N-dealkylation sites (N-methyl/N-ethyl adjacent to an activating group) is 1. The van der Waals surface area contributed by atoms with Gasteiger partial charge in [-0.1, -0.05) is 19.1 Å². The minimum Gasteiger partial charge on any atom is -0.369 e. The number of nitrogens with one attached hydrogen (secondary N) is 1. The average molecular weight is 377 g/mol. The van der Waals surface area contributed by atoms with E-state index in [4.69, 9.17) is 9.97 Å². The van der Waals surface area contributed by atoms with Crippen LogP contribution in [0.15, 0.2) is 48.8 Å². The summed E-state index contributed by atoms with van der Waals surface area (Å²) in [6, 6.07) is 12.1. The summed E-state index contributed by atoms with van der Waals surface area (Å²) >= 11 is 0. The van der Waals surface area contributed by atoms with Gasteiger partial charge in [0.1, 0.15) is 5.82 Å². The van der Waals surface area contributed by atoms with Crippen molar-refractivity contribution in [3.8, 4) is 11.4 Å². The number of benzene rings is 1.